The molecule has 7 heteroatoms. The molecule has 5 nitrogen and oxygen atoms in total. The molecule has 0 bridgehead atoms. The maximum atomic E-state index is 12.4. The molecule has 1 amide bonds. The van der Waals surface area contributed by atoms with Crippen LogP contribution in [0.5, 0.6) is 11.5 Å². The molecule has 2 aromatic rings. The third-order valence-corrected chi connectivity index (χ3v) is 4.86. The lowest BCUT2D eigenvalue weighted by Crippen LogP contribution is -2.17. The molecule has 27 heavy (non-hydrogen) atoms. The van der Waals surface area contributed by atoms with Gasteiger partial charge in [0.25, 0.3) is 5.91 Å². The van der Waals surface area contributed by atoms with Crippen LogP contribution in [0.3, 0.4) is 0 Å². The Morgan fingerprint density at radius 3 is 2.56 bits per heavy atom. The number of carbonyl (C=O) groups excluding carboxylic acids is 2. The Labute approximate surface area is 166 Å². The van der Waals surface area contributed by atoms with E-state index in [0.717, 1.165) is 11.1 Å². The maximum absolute atomic E-state index is 12.4. The highest BCUT2D eigenvalue weighted by molar-refractivity contribution is 8.26. The van der Waals surface area contributed by atoms with Gasteiger partial charge in [-0.1, -0.05) is 47.7 Å². The molecule has 1 N–H and O–H groups in total. The summed E-state index contributed by atoms with van der Waals surface area (Å²) in [6, 6.07) is 12.3. The number of ether oxygens (including phenoxy) is 2. The normalized spacial score (nSPS) is 15.0. The van der Waals surface area contributed by atoms with Crippen molar-refractivity contribution in [3.05, 3.63) is 64.1 Å². The predicted octanol–water partition coefficient (Wildman–Crippen LogP) is 4.10. The molecule has 1 fully saturated rings. The zero-order valence-electron chi connectivity index (χ0n) is 14.8. The van der Waals surface area contributed by atoms with Crippen LogP contribution in [0.15, 0.2) is 47.4 Å². The van der Waals surface area contributed by atoms with Gasteiger partial charge < -0.3 is 14.8 Å². The van der Waals surface area contributed by atoms with Crippen molar-refractivity contribution in [2.45, 2.75) is 13.8 Å². The van der Waals surface area contributed by atoms with E-state index in [9.17, 15) is 9.59 Å². The molecule has 2 aromatic carbocycles. The Bertz CT molecular complexity index is 935. The number of esters is 1. The van der Waals surface area contributed by atoms with Gasteiger partial charge in [-0.3, -0.25) is 4.79 Å². The van der Waals surface area contributed by atoms with Crippen molar-refractivity contribution >= 4 is 46.3 Å². The van der Waals surface area contributed by atoms with E-state index in [-0.39, 0.29) is 5.91 Å². The average molecular weight is 399 g/mol. The van der Waals surface area contributed by atoms with E-state index in [2.05, 4.69) is 5.32 Å². The van der Waals surface area contributed by atoms with Crippen molar-refractivity contribution in [1.29, 1.82) is 0 Å². The summed E-state index contributed by atoms with van der Waals surface area (Å²) in [4.78, 5) is 24.7. The number of nitrogens with one attached hydrogen (secondary N) is 1. The van der Waals surface area contributed by atoms with E-state index in [1.807, 2.05) is 26.0 Å². The molecule has 3 rings (SSSR count). The van der Waals surface area contributed by atoms with Crippen LogP contribution >= 0.6 is 24.0 Å². The topological polar surface area (TPSA) is 64.6 Å². The summed E-state index contributed by atoms with van der Waals surface area (Å²) in [7, 11) is 0. The highest BCUT2D eigenvalue weighted by Gasteiger charge is 2.22. The zero-order chi connectivity index (χ0) is 19.4. The molecular formula is C20H17NO4S2. The third-order valence-electron chi connectivity index (χ3n) is 3.70. The molecule has 1 saturated heterocycles. The van der Waals surface area contributed by atoms with Crippen LogP contribution in [0, 0.1) is 6.92 Å². The van der Waals surface area contributed by atoms with E-state index in [1.165, 1.54) is 11.8 Å². The third kappa shape index (κ3) is 4.75. The lowest BCUT2D eigenvalue weighted by Gasteiger charge is -2.11. The first-order valence-electron chi connectivity index (χ1n) is 8.27. The highest BCUT2D eigenvalue weighted by atomic mass is 32.2. The molecule has 1 aliphatic rings. The number of thiocarbonyl (C=S) groups is 1. The van der Waals surface area contributed by atoms with Crippen LogP contribution in [-0.4, -0.2) is 22.8 Å². The fourth-order valence-corrected chi connectivity index (χ4v) is 3.43. The Kier molecular flexibility index (Phi) is 5.93. The molecule has 1 heterocycles. The second-order valence-corrected chi connectivity index (χ2v) is 7.47. The van der Waals surface area contributed by atoms with Gasteiger partial charge in [-0.15, -0.1) is 0 Å². The molecule has 0 spiro atoms. The minimum atomic E-state index is -0.460. The Morgan fingerprint density at radius 1 is 1.19 bits per heavy atom. The fourth-order valence-electron chi connectivity index (χ4n) is 2.39. The van der Waals surface area contributed by atoms with Crippen molar-refractivity contribution in [2.24, 2.45) is 0 Å². The van der Waals surface area contributed by atoms with E-state index >= 15 is 0 Å². The SMILES string of the molecule is CCOc1cc(/C=C2\SC(=S)NC2=O)ccc1OC(=O)c1ccc(C)cc1. The number of benzene rings is 2. The molecule has 0 atom stereocenters. The summed E-state index contributed by atoms with van der Waals surface area (Å²) in [5, 5.41) is 2.57. The first kappa shape index (κ1) is 19.1. The van der Waals surface area contributed by atoms with Crippen molar-refractivity contribution < 1.29 is 19.1 Å². The summed E-state index contributed by atoms with van der Waals surface area (Å²) in [6.45, 7) is 4.20. The smallest absolute Gasteiger partial charge is 0.343 e. The summed E-state index contributed by atoms with van der Waals surface area (Å²) in [5.41, 5.74) is 2.27. The summed E-state index contributed by atoms with van der Waals surface area (Å²) in [6.07, 6.45) is 1.72. The van der Waals surface area contributed by atoms with Gasteiger partial charge >= 0.3 is 5.97 Å². The van der Waals surface area contributed by atoms with E-state index < -0.39 is 5.97 Å². The van der Waals surface area contributed by atoms with Crippen LogP contribution in [0.1, 0.15) is 28.4 Å². The van der Waals surface area contributed by atoms with Gasteiger partial charge in [0.2, 0.25) is 0 Å². The molecule has 1 aliphatic heterocycles. The van der Waals surface area contributed by atoms with Crippen LogP contribution < -0.4 is 14.8 Å². The van der Waals surface area contributed by atoms with Crippen LogP contribution in [0.25, 0.3) is 6.08 Å². The summed E-state index contributed by atoms with van der Waals surface area (Å²) >= 11 is 6.19. The lowest BCUT2D eigenvalue weighted by molar-refractivity contribution is -0.115. The Morgan fingerprint density at radius 2 is 1.93 bits per heavy atom. The van der Waals surface area contributed by atoms with E-state index in [4.69, 9.17) is 21.7 Å². The average Bonchev–Trinajstić information content (AvgIpc) is 2.95. The number of hydrogen-bond donors (Lipinski definition) is 1. The number of aryl methyl sites for hydroxylation is 1. The number of thioether (sulfide) groups is 1. The van der Waals surface area contributed by atoms with Gasteiger partial charge in [0, 0.05) is 0 Å². The van der Waals surface area contributed by atoms with E-state index in [1.54, 1.807) is 36.4 Å². The molecular weight excluding hydrogens is 382 g/mol. The number of carbonyl (C=O) groups is 2. The molecule has 138 valence electrons. The Balaban J connectivity index is 1.84. The summed E-state index contributed by atoms with van der Waals surface area (Å²) in [5.74, 6) is 0.0675. The number of hydrogen-bond acceptors (Lipinski definition) is 6. The largest absolute Gasteiger partial charge is 0.490 e. The van der Waals surface area contributed by atoms with Crippen molar-refractivity contribution in [3.8, 4) is 11.5 Å². The number of rotatable bonds is 5. The maximum Gasteiger partial charge on any atom is 0.343 e. The molecule has 0 unspecified atom stereocenters. The van der Waals surface area contributed by atoms with Gasteiger partial charge in [-0.25, -0.2) is 4.79 Å². The predicted molar refractivity (Wildman–Crippen MR) is 110 cm³/mol. The standard InChI is InChI=1S/C20H17NO4S2/c1-3-24-16-10-13(11-17-18(22)21-20(26)27-17)6-9-15(16)25-19(23)14-7-4-12(2)5-8-14/h4-11H,3H2,1-2H3,(H,21,22,26)/b17-11-. The monoisotopic (exact) mass is 399 g/mol. The minimum Gasteiger partial charge on any atom is -0.490 e. The fraction of sp³-hybridized carbons (Fsp3) is 0.150. The first-order valence-corrected chi connectivity index (χ1v) is 9.49. The van der Waals surface area contributed by atoms with Gasteiger partial charge in [0.05, 0.1) is 17.1 Å². The van der Waals surface area contributed by atoms with Gasteiger partial charge in [-0.05, 0) is 49.8 Å². The molecule has 0 radical (unpaired) electrons. The minimum absolute atomic E-state index is 0.224. The first-order chi connectivity index (χ1) is 13.0. The number of amides is 1. The molecule has 0 aliphatic carbocycles. The van der Waals surface area contributed by atoms with Crippen molar-refractivity contribution in [2.75, 3.05) is 6.61 Å². The highest BCUT2D eigenvalue weighted by Crippen LogP contribution is 2.32. The second-order valence-electron chi connectivity index (χ2n) is 5.75. The van der Waals surface area contributed by atoms with Crippen molar-refractivity contribution in [3.63, 3.8) is 0 Å². The summed E-state index contributed by atoms with van der Waals surface area (Å²) < 4.78 is 11.5. The molecule has 0 aromatic heterocycles. The van der Waals surface area contributed by atoms with Crippen LogP contribution in [0.2, 0.25) is 0 Å². The van der Waals surface area contributed by atoms with Crippen LogP contribution in [0.4, 0.5) is 0 Å². The van der Waals surface area contributed by atoms with Crippen LogP contribution in [-0.2, 0) is 4.79 Å². The van der Waals surface area contributed by atoms with E-state index in [0.29, 0.717) is 32.9 Å². The lowest BCUT2D eigenvalue weighted by atomic mass is 10.1. The Hall–Kier alpha value is -2.64. The molecule has 0 saturated carbocycles. The van der Waals surface area contributed by atoms with Gasteiger partial charge in [0.1, 0.15) is 4.32 Å². The van der Waals surface area contributed by atoms with Crippen molar-refractivity contribution in [1.82, 2.24) is 5.32 Å². The second kappa shape index (κ2) is 8.37. The zero-order valence-corrected chi connectivity index (χ0v) is 16.4. The van der Waals surface area contributed by atoms with Gasteiger partial charge in [-0.2, -0.15) is 0 Å². The quantitative estimate of drug-likeness (QED) is 0.353. The van der Waals surface area contributed by atoms with Gasteiger partial charge in [0.15, 0.2) is 11.5 Å².